The highest BCUT2D eigenvalue weighted by Gasteiger charge is 2.47. The summed E-state index contributed by atoms with van der Waals surface area (Å²) in [4.78, 5) is 0. The topological polar surface area (TPSA) is 0 Å². The molecule has 33 heavy (non-hydrogen) atoms. The molecule has 0 atom stereocenters. The minimum absolute atomic E-state index is 0.324. The van der Waals surface area contributed by atoms with Crippen LogP contribution < -0.4 is 0 Å². The SMILES string of the molecule is Cc1cc(C)cc(C2(c3cc(C)cc(C)c3)c3cc(C)c(C)cc3-c3cc(C)c(C)cc32)c1. The quantitative estimate of drug-likeness (QED) is 0.263. The van der Waals surface area contributed by atoms with Gasteiger partial charge in [-0.15, -0.1) is 0 Å². The van der Waals surface area contributed by atoms with E-state index in [-0.39, 0.29) is 5.41 Å². The summed E-state index contributed by atoms with van der Waals surface area (Å²) in [5.74, 6) is 0. The van der Waals surface area contributed by atoms with Crippen molar-refractivity contribution in [3.05, 3.63) is 127 Å². The zero-order chi connectivity index (χ0) is 23.7. The Balaban J connectivity index is 2.05. The van der Waals surface area contributed by atoms with Crippen LogP contribution in [0.3, 0.4) is 0 Å². The zero-order valence-electron chi connectivity index (χ0n) is 21.3. The molecule has 0 fully saturated rings. The lowest BCUT2D eigenvalue weighted by atomic mass is 9.66. The van der Waals surface area contributed by atoms with Gasteiger partial charge < -0.3 is 0 Å². The molecule has 0 N–H and O–H groups in total. The average Bonchev–Trinajstić information content (AvgIpc) is 2.97. The maximum absolute atomic E-state index is 2.46. The first-order valence-corrected chi connectivity index (χ1v) is 12.0. The number of hydrogen-bond acceptors (Lipinski definition) is 0. The lowest BCUT2D eigenvalue weighted by Gasteiger charge is -2.35. The van der Waals surface area contributed by atoms with Crippen LogP contribution in [-0.2, 0) is 5.41 Å². The second-order valence-corrected chi connectivity index (χ2v) is 10.5. The van der Waals surface area contributed by atoms with E-state index < -0.39 is 0 Å². The second kappa shape index (κ2) is 7.45. The van der Waals surface area contributed by atoms with Crippen LogP contribution in [0.25, 0.3) is 11.1 Å². The van der Waals surface area contributed by atoms with E-state index in [0.29, 0.717) is 0 Å². The molecule has 4 aromatic rings. The Bertz CT molecular complexity index is 1280. The third kappa shape index (κ3) is 3.19. The van der Waals surface area contributed by atoms with Crippen LogP contribution in [0.15, 0.2) is 60.7 Å². The number of rotatable bonds is 2. The molecule has 1 aliphatic carbocycles. The summed E-state index contributed by atoms with van der Waals surface area (Å²) < 4.78 is 0. The van der Waals surface area contributed by atoms with Gasteiger partial charge in [-0.1, -0.05) is 82.9 Å². The summed E-state index contributed by atoms with van der Waals surface area (Å²) in [6.07, 6.45) is 0. The van der Waals surface area contributed by atoms with Crippen molar-refractivity contribution in [1.29, 1.82) is 0 Å². The first-order chi connectivity index (χ1) is 15.6. The van der Waals surface area contributed by atoms with Crippen molar-refractivity contribution in [1.82, 2.24) is 0 Å². The average molecular weight is 431 g/mol. The van der Waals surface area contributed by atoms with E-state index in [1.54, 1.807) is 0 Å². The summed E-state index contributed by atoms with van der Waals surface area (Å²) in [5, 5.41) is 0. The third-order valence-corrected chi connectivity index (χ3v) is 7.68. The molecule has 0 unspecified atom stereocenters. The van der Waals surface area contributed by atoms with E-state index in [0.717, 1.165) is 0 Å². The van der Waals surface area contributed by atoms with Crippen LogP contribution >= 0.6 is 0 Å². The van der Waals surface area contributed by atoms with Crippen molar-refractivity contribution in [2.75, 3.05) is 0 Å². The molecule has 0 amide bonds. The van der Waals surface area contributed by atoms with Crippen LogP contribution in [-0.4, -0.2) is 0 Å². The molecule has 0 saturated carbocycles. The van der Waals surface area contributed by atoms with Crippen molar-refractivity contribution in [3.8, 4) is 11.1 Å². The van der Waals surface area contributed by atoms with Gasteiger partial charge in [-0.3, -0.25) is 0 Å². The Hall–Kier alpha value is -3.12. The Morgan fingerprint density at radius 3 is 1.00 bits per heavy atom. The van der Waals surface area contributed by atoms with Crippen molar-refractivity contribution >= 4 is 0 Å². The zero-order valence-corrected chi connectivity index (χ0v) is 21.3. The predicted octanol–water partition coefficient (Wildman–Crippen LogP) is 8.52. The van der Waals surface area contributed by atoms with Crippen molar-refractivity contribution in [3.63, 3.8) is 0 Å². The van der Waals surface area contributed by atoms with Gasteiger partial charge in [0.1, 0.15) is 0 Å². The Morgan fingerprint density at radius 1 is 0.364 bits per heavy atom. The van der Waals surface area contributed by atoms with Crippen molar-refractivity contribution in [2.45, 2.75) is 60.8 Å². The molecule has 5 rings (SSSR count). The number of benzene rings is 4. The lowest BCUT2D eigenvalue weighted by molar-refractivity contribution is 0.761. The largest absolute Gasteiger partial charge is 0.0714 e. The fraction of sp³-hybridized carbons (Fsp3) is 0.273. The highest BCUT2D eigenvalue weighted by atomic mass is 14.5. The minimum atomic E-state index is -0.324. The van der Waals surface area contributed by atoms with E-state index in [1.807, 2.05) is 0 Å². The van der Waals surface area contributed by atoms with E-state index in [9.17, 15) is 0 Å². The fourth-order valence-corrected chi connectivity index (χ4v) is 6.01. The molecule has 0 heterocycles. The second-order valence-electron chi connectivity index (χ2n) is 10.5. The molecule has 0 bridgehead atoms. The molecule has 0 radical (unpaired) electrons. The Labute approximate surface area is 199 Å². The normalized spacial score (nSPS) is 13.7. The van der Waals surface area contributed by atoms with Crippen LogP contribution in [0, 0.1) is 55.4 Å². The molecule has 0 heteroatoms. The monoisotopic (exact) mass is 430 g/mol. The highest BCUT2D eigenvalue weighted by Crippen LogP contribution is 2.57. The van der Waals surface area contributed by atoms with E-state index >= 15 is 0 Å². The van der Waals surface area contributed by atoms with Gasteiger partial charge in [-0.25, -0.2) is 0 Å². The smallest absolute Gasteiger partial charge is 0.0564 e. The third-order valence-electron chi connectivity index (χ3n) is 7.68. The van der Waals surface area contributed by atoms with Gasteiger partial charge in [0.15, 0.2) is 0 Å². The van der Waals surface area contributed by atoms with Crippen LogP contribution in [0.4, 0.5) is 0 Å². The van der Waals surface area contributed by atoms with Gasteiger partial charge in [0.05, 0.1) is 5.41 Å². The molecule has 1 aliphatic rings. The van der Waals surface area contributed by atoms with Gasteiger partial charge >= 0.3 is 0 Å². The number of fused-ring (bicyclic) bond motifs is 3. The van der Waals surface area contributed by atoms with Crippen LogP contribution in [0.1, 0.15) is 66.8 Å². The minimum Gasteiger partial charge on any atom is -0.0564 e. The van der Waals surface area contributed by atoms with E-state index in [1.165, 1.54) is 77.9 Å². The fourth-order valence-electron chi connectivity index (χ4n) is 6.01. The van der Waals surface area contributed by atoms with Gasteiger partial charge in [0, 0.05) is 0 Å². The van der Waals surface area contributed by atoms with E-state index in [4.69, 9.17) is 0 Å². The molecule has 4 aromatic carbocycles. The molecule has 0 aliphatic heterocycles. The van der Waals surface area contributed by atoms with Crippen molar-refractivity contribution in [2.24, 2.45) is 0 Å². The molecule has 0 spiro atoms. The molecule has 0 aromatic heterocycles. The van der Waals surface area contributed by atoms with Crippen LogP contribution in [0.5, 0.6) is 0 Å². The summed E-state index contributed by atoms with van der Waals surface area (Å²) >= 11 is 0. The molecule has 0 saturated heterocycles. The standard InChI is InChI=1S/C33H34/c1-19-9-20(2)12-27(11-19)33(28-13-21(3)10-22(4)14-28)31-17-25(7)23(5)15-29(31)30-16-24(6)26(8)18-32(30)33/h9-18H,1-8H3. The Morgan fingerprint density at radius 2 is 0.667 bits per heavy atom. The summed E-state index contributed by atoms with van der Waals surface area (Å²) in [5.41, 5.74) is 18.7. The lowest BCUT2D eigenvalue weighted by Crippen LogP contribution is -2.29. The molecule has 166 valence electrons. The predicted molar refractivity (Wildman–Crippen MR) is 142 cm³/mol. The maximum Gasteiger partial charge on any atom is 0.0714 e. The maximum atomic E-state index is 2.46. The van der Waals surface area contributed by atoms with Gasteiger partial charge in [-0.2, -0.15) is 0 Å². The molecule has 0 nitrogen and oxygen atoms in total. The Kier molecular flexibility index (Phi) is 4.90. The first kappa shape index (κ1) is 21.7. The van der Waals surface area contributed by atoms with Crippen molar-refractivity contribution < 1.29 is 0 Å². The highest BCUT2D eigenvalue weighted by molar-refractivity contribution is 5.88. The molecular weight excluding hydrogens is 396 g/mol. The summed E-state index contributed by atoms with van der Waals surface area (Å²) in [6, 6.07) is 24.0. The summed E-state index contributed by atoms with van der Waals surface area (Å²) in [6.45, 7) is 17.9. The van der Waals surface area contributed by atoms with Gasteiger partial charge in [0.25, 0.3) is 0 Å². The van der Waals surface area contributed by atoms with E-state index in [2.05, 4.69) is 116 Å². The van der Waals surface area contributed by atoms with Crippen LogP contribution in [0.2, 0.25) is 0 Å². The van der Waals surface area contributed by atoms with Gasteiger partial charge in [0.2, 0.25) is 0 Å². The number of hydrogen-bond donors (Lipinski definition) is 0. The first-order valence-electron chi connectivity index (χ1n) is 12.0. The molecular formula is C33H34. The van der Waals surface area contributed by atoms with Gasteiger partial charge in [-0.05, 0) is 111 Å². The number of aryl methyl sites for hydroxylation is 8. The summed E-state index contributed by atoms with van der Waals surface area (Å²) in [7, 11) is 0.